The standard InChI is InChI=1S/C74H52N2/c1-7-23-53(24-8-1)54-39-44-62(45-40-54)75(64-48-49-66-65-35-19-20-36-67(65)73(70(66)52-64,57-25-9-2-10-26-57)58-27-11-3-12-28-58)63-46-41-55(42-47-63)56-43-50-69-72(51-56)76(61-33-17-6-18-34-61)71-38-22-21-37-68(71)74(69,59-29-13-4-14-30-59)60-31-15-5-16-32-60/h1-52H. The van der Waals surface area contributed by atoms with Crippen LogP contribution in [0.4, 0.5) is 34.1 Å². The van der Waals surface area contributed by atoms with Gasteiger partial charge in [0.15, 0.2) is 0 Å². The Morgan fingerprint density at radius 1 is 0.237 bits per heavy atom. The molecule has 12 aromatic rings. The quantitative estimate of drug-likeness (QED) is 0.135. The van der Waals surface area contributed by atoms with Gasteiger partial charge in [0, 0.05) is 22.7 Å². The Bertz CT molecular complexity index is 3930. The number of fused-ring (bicyclic) bond motifs is 5. The smallest absolute Gasteiger partial charge is 0.0742 e. The van der Waals surface area contributed by atoms with Crippen molar-refractivity contribution >= 4 is 34.1 Å². The lowest BCUT2D eigenvalue weighted by Gasteiger charge is -2.46. The highest BCUT2D eigenvalue weighted by atomic mass is 15.2. The van der Waals surface area contributed by atoms with E-state index in [0.717, 1.165) is 45.3 Å². The SMILES string of the molecule is c1ccc(-c2ccc(N(c3ccc(-c4ccc5c(c4)N(c4ccccc4)c4ccccc4C5(c4ccccc4)c4ccccc4)cc3)c3ccc4c(c3)C(c3ccccc3)(c3ccccc3)c3ccccc3-4)cc2)cc1. The number of nitrogens with zero attached hydrogens (tertiary/aromatic N) is 2. The summed E-state index contributed by atoms with van der Waals surface area (Å²) >= 11 is 0. The van der Waals surface area contributed by atoms with Gasteiger partial charge in [-0.15, -0.1) is 0 Å². The second kappa shape index (κ2) is 18.6. The van der Waals surface area contributed by atoms with Gasteiger partial charge in [0.2, 0.25) is 0 Å². The van der Waals surface area contributed by atoms with Gasteiger partial charge in [-0.3, -0.25) is 0 Å². The predicted octanol–water partition coefficient (Wildman–Crippen LogP) is 19.0. The highest BCUT2D eigenvalue weighted by molar-refractivity contribution is 5.93. The van der Waals surface area contributed by atoms with Crippen LogP contribution in [-0.4, -0.2) is 0 Å². The second-order valence-corrected chi connectivity index (χ2v) is 20.0. The first kappa shape index (κ1) is 44.9. The van der Waals surface area contributed by atoms with Gasteiger partial charge in [-0.2, -0.15) is 0 Å². The van der Waals surface area contributed by atoms with E-state index in [0.29, 0.717) is 0 Å². The number of benzene rings is 12. The minimum absolute atomic E-state index is 0.531. The fraction of sp³-hybridized carbons (Fsp3) is 0.0270. The van der Waals surface area contributed by atoms with E-state index in [1.165, 1.54) is 66.8 Å². The molecule has 2 heteroatoms. The van der Waals surface area contributed by atoms with Gasteiger partial charge in [-0.25, -0.2) is 0 Å². The molecule has 358 valence electrons. The lowest BCUT2D eigenvalue weighted by atomic mass is 9.62. The van der Waals surface area contributed by atoms with Gasteiger partial charge in [-0.05, 0) is 139 Å². The summed E-state index contributed by atoms with van der Waals surface area (Å²) in [7, 11) is 0. The van der Waals surface area contributed by atoms with Crippen molar-refractivity contribution in [3.63, 3.8) is 0 Å². The van der Waals surface area contributed by atoms with E-state index < -0.39 is 10.8 Å². The molecule has 0 aromatic heterocycles. The Hall–Kier alpha value is -9.76. The molecule has 0 saturated carbocycles. The maximum atomic E-state index is 2.46. The third kappa shape index (κ3) is 7.10. The largest absolute Gasteiger partial charge is 0.310 e. The molecule has 0 saturated heterocycles. The molecule has 1 aliphatic heterocycles. The first-order valence-electron chi connectivity index (χ1n) is 26.3. The molecule has 0 amide bonds. The third-order valence-electron chi connectivity index (χ3n) is 16.0. The molecule has 1 heterocycles. The van der Waals surface area contributed by atoms with Crippen LogP contribution in [0.15, 0.2) is 315 Å². The highest BCUT2D eigenvalue weighted by Gasteiger charge is 2.48. The van der Waals surface area contributed by atoms with Crippen molar-refractivity contribution in [2.45, 2.75) is 10.8 Å². The summed E-state index contributed by atoms with van der Waals surface area (Å²) in [6, 6.07) is 116. The average molecular weight is 969 g/mol. The van der Waals surface area contributed by atoms with Crippen LogP contribution in [0.2, 0.25) is 0 Å². The van der Waals surface area contributed by atoms with Gasteiger partial charge < -0.3 is 9.80 Å². The van der Waals surface area contributed by atoms with Gasteiger partial charge in [-0.1, -0.05) is 255 Å². The molecule has 0 spiro atoms. The molecular formula is C74H52N2. The fourth-order valence-electron chi connectivity index (χ4n) is 12.7. The number of hydrogen-bond acceptors (Lipinski definition) is 2. The lowest BCUT2D eigenvalue weighted by Crippen LogP contribution is -2.37. The maximum Gasteiger partial charge on any atom is 0.0742 e. The molecule has 76 heavy (non-hydrogen) atoms. The van der Waals surface area contributed by atoms with Crippen LogP contribution in [0.1, 0.15) is 44.5 Å². The van der Waals surface area contributed by atoms with Gasteiger partial charge >= 0.3 is 0 Å². The topological polar surface area (TPSA) is 6.48 Å². The molecule has 14 rings (SSSR count). The molecule has 12 aromatic carbocycles. The zero-order valence-electron chi connectivity index (χ0n) is 41.9. The number of rotatable bonds is 10. The Kier molecular flexibility index (Phi) is 11.0. The molecule has 2 nitrogen and oxygen atoms in total. The van der Waals surface area contributed by atoms with Crippen LogP contribution in [0.5, 0.6) is 0 Å². The predicted molar refractivity (Wildman–Crippen MR) is 316 cm³/mol. The summed E-state index contributed by atoms with van der Waals surface area (Å²) in [5.41, 5.74) is 22.8. The Morgan fingerprint density at radius 3 is 1.17 bits per heavy atom. The summed E-state index contributed by atoms with van der Waals surface area (Å²) in [5, 5.41) is 0. The molecule has 0 radical (unpaired) electrons. The second-order valence-electron chi connectivity index (χ2n) is 20.0. The van der Waals surface area contributed by atoms with Crippen molar-refractivity contribution in [3.05, 3.63) is 360 Å². The monoisotopic (exact) mass is 968 g/mol. The third-order valence-corrected chi connectivity index (χ3v) is 16.0. The van der Waals surface area contributed by atoms with E-state index in [1.807, 2.05) is 0 Å². The molecule has 1 aliphatic carbocycles. The molecule has 2 aliphatic rings. The zero-order valence-corrected chi connectivity index (χ0v) is 41.9. The highest BCUT2D eigenvalue weighted by Crippen LogP contribution is 2.60. The Balaban J connectivity index is 0.941. The lowest BCUT2D eigenvalue weighted by molar-refractivity contribution is 0.731. The van der Waals surface area contributed by atoms with E-state index in [4.69, 9.17) is 0 Å². The summed E-state index contributed by atoms with van der Waals surface area (Å²) in [6.45, 7) is 0. The number of para-hydroxylation sites is 2. The zero-order chi connectivity index (χ0) is 50.5. The number of anilines is 6. The van der Waals surface area contributed by atoms with Gasteiger partial charge in [0.1, 0.15) is 0 Å². The van der Waals surface area contributed by atoms with Crippen LogP contribution in [0, 0.1) is 0 Å². The van der Waals surface area contributed by atoms with E-state index in [9.17, 15) is 0 Å². The fourth-order valence-corrected chi connectivity index (χ4v) is 12.7. The van der Waals surface area contributed by atoms with Crippen molar-refractivity contribution in [2.24, 2.45) is 0 Å². The summed E-state index contributed by atoms with van der Waals surface area (Å²) < 4.78 is 0. The van der Waals surface area contributed by atoms with Crippen LogP contribution in [-0.2, 0) is 10.8 Å². The first-order valence-corrected chi connectivity index (χ1v) is 26.3. The maximum absolute atomic E-state index is 2.46. The summed E-state index contributed by atoms with van der Waals surface area (Å²) in [6.07, 6.45) is 0. The van der Waals surface area contributed by atoms with E-state index in [1.54, 1.807) is 0 Å². The van der Waals surface area contributed by atoms with E-state index >= 15 is 0 Å². The van der Waals surface area contributed by atoms with Crippen molar-refractivity contribution in [2.75, 3.05) is 9.80 Å². The first-order chi connectivity index (χ1) is 37.7. The average Bonchev–Trinajstić information content (AvgIpc) is 4.00. The Labute approximate surface area is 445 Å². The summed E-state index contributed by atoms with van der Waals surface area (Å²) in [4.78, 5) is 4.89. The minimum Gasteiger partial charge on any atom is -0.310 e. The summed E-state index contributed by atoms with van der Waals surface area (Å²) in [5.74, 6) is 0. The van der Waals surface area contributed by atoms with Gasteiger partial charge in [0.05, 0.1) is 22.2 Å². The van der Waals surface area contributed by atoms with Gasteiger partial charge in [0.25, 0.3) is 0 Å². The molecule has 0 fully saturated rings. The Morgan fingerprint density at radius 2 is 0.618 bits per heavy atom. The molecule has 0 bridgehead atoms. The van der Waals surface area contributed by atoms with Crippen molar-refractivity contribution in [3.8, 4) is 33.4 Å². The van der Waals surface area contributed by atoms with Crippen LogP contribution in [0.25, 0.3) is 33.4 Å². The molecule has 0 atom stereocenters. The molecular weight excluding hydrogens is 917 g/mol. The van der Waals surface area contributed by atoms with Crippen molar-refractivity contribution in [1.82, 2.24) is 0 Å². The van der Waals surface area contributed by atoms with Crippen LogP contribution in [0.3, 0.4) is 0 Å². The minimum atomic E-state index is -0.575. The van der Waals surface area contributed by atoms with Crippen LogP contribution < -0.4 is 9.80 Å². The number of hydrogen-bond donors (Lipinski definition) is 0. The van der Waals surface area contributed by atoms with E-state index in [2.05, 4.69) is 325 Å². The molecule has 0 N–H and O–H groups in total. The van der Waals surface area contributed by atoms with Crippen molar-refractivity contribution < 1.29 is 0 Å². The van der Waals surface area contributed by atoms with Crippen molar-refractivity contribution in [1.29, 1.82) is 0 Å². The van der Waals surface area contributed by atoms with Crippen LogP contribution >= 0.6 is 0 Å². The van der Waals surface area contributed by atoms with E-state index in [-0.39, 0.29) is 0 Å². The molecule has 0 unspecified atom stereocenters. The normalized spacial score (nSPS) is 13.4.